The molecular formula is C10H12O3S2. The average molecular weight is 244 g/mol. The van der Waals surface area contributed by atoms with Crippen molar-refractivity contribution in [3.63, 3.8) is 0 Å². The van der Waals surface area contributed by atoms with Crippen LogP contribution in [0.2, 0.25) is 0 Å². The van der Waals surface area contributed by atoms with Gasteiger partial charge in [-0.2, -0.15) is 11.8 Å². The lowest BCUT2D eigenvalue weighted by molar-refractivity contribution is -0.140. The maximum absolute atomic E-state index is 11.5. The standard InChI is InChI=1S/C10H12O3S2/c1-13-10(12)4-6-14-7-8(11)9-3-2-5-15-9/h2-3,5H,4,6-7H2,1H3. The van der Waals surface area contributed by atoms with Gasteiger partial charge in [-0.1, -0.05) is 6.07 Å². The van der Waals surface area contributed by atoms with Gasteiger partial charge in [0, 0.05) is 5.75 Å². The molecule has 0 aromatic carbocycles. The minimum atomic E-state index is -0.230. The Labute approximate surface area is 96.8 Å². The molecule has 0 saturated heterocycles. The van der Waals surface area contributed by atoms with Crippen LogP contribution in [0.15, 0.2) is 17.5 Å². The van der Waals surface area contributed by atoms with E-state index in [1.54, 1.807) is 0 Å². The summed E-state index contributed by atoms with van der Waals surface area (Å²) in [6.45, 7) is 0. The fourth-order valence-corrected chi connectivity index (χ4v) is 2.48. The topological polar surface area (TPSA) is 43.4 Å². The minimum absolute atomic E-state index is 0.125. The van der Waals surface area contributed by atoms with Gasteiger partial charge in [-0.25, -0.2) is 0 Å². The van der Waals surface area contributed by atoms with E-state index in [0.29, 0.717) is 17.9 Å². The van der Waals surface area contributed by atoms with Gasteiger partial charge in [0.15, 0.2) is 5.78 Å². The molecule has 0 amide bonds. The van der Waals surface area contributed by atoms with Crippen LogP contribution in [0.5, 0.6) is 0 Å². The van der Waals surface area contributed by atoms with Gasteiger partial charge >= 0.3 is 5.97 Å². The lowest BCUT2D eigenvalue weighted by Crippen LogP contribution is -2.04. The van der Waals surface area contributed by atoms with Crippen LogP contribution >= 0.6 is 23.1 Å². The quantitative estimate of drug-likeness (QED) is 0.437. The lowest BCUT2D eigenvalue weighted by atomic mass is 10.4. The summed E-state index contributed by atoms with van der Waals surface area (Å²) < 4.78 is 4.49. The Kier molecular flexibility index (Phi) is 5.42. The molecule has 5 heteroatoms. The first-order chi connectivity index (χ1) is 7.24. The summed E-state index contributed by atoms with van der Waals surface area (Å²) in [7, 11) is 1.36. The fraction of sp³-hybridized carbons (Fsp3) is 0.400. The summed E-state index contributed by atoms with van der Waals surface area (Å²) in [4.78, 5) is 23.0. The van der Waals surface area contributed by atoms with Crippen LogP contribution in [0.4, 0.5) is 0 Å². The van der Waals surface area contributed by atoms with Crippen molar-refractivity contribution in [1.82, 2.24) is 0 Å². The van der Waals surface area contributed by atoms with Crippen molar-refractivity contribution in [2.45, 2.75) is 6.42 Å². The lowest BCUT2D eigenvalue weighted by Gasteiger charge is -1.99. The first-order valence-electron chi connectivity index (χ1n) is 4.45. The van der Waals surface area contributed by atoms with E-state index < -0.39 is 0 Å². The van der Waals surface area contributed by atoms with Crippen molar-refractivity contribution in [3.05, 3.63) is 22.4 Å². The number of Topliss-reactive ketones (excluding diaryl/α,β-unsaturated/α-hetero) is 1. The third-order valence-electron chi connectivity index (χ3n) is 1.71. The van der Waals surface area contributed by atoms with Gasteiger partial charge in [0.2, 0.25) is 0 Å². The summed E-state index contributed by atoms with van der Waals surface area (Å²) in [5.41, 5.74) is 0. The van der Waals surface area contributed by atoms with Crippen LogP contribution in [-0.2, 0) is 9.53 Å². The zero-order valence-electron chi connectivity index (χ0n) is 8.39. The molecule has 82 valence electrons. The van der Waals surface area contributed by atoms with Crippen LogP contribution in [0.25, 0.3) is 0 Å². The zero-order valence-corrected chi connectivity index (χ0v) is 10.0. The molecule has 1 rings (SSSR count). The number of ketones is 1. The third kappa shape index (κ3) is 4.48. The molecule has 0 radical (unpaired) electrons. The first-order valence-corrected chi connectivity index (χ1v) is 6.48. The van der Waals surface area contributed by atoms with E-state index >= 15 is 0 Å². The van der Waals surface area contributed by atoms with E-state index in [2.05, 4.69) is 4.74 Å². The largest absolute Gasteiger partial charge is 0.469 e. The van der Waals surface area contributed by atoms with Crippen molar-refractivity contribution in [2.75, 3.05) is 18.6 Å². The van der Waals surface area contributed by atoms with Gasteiger partial charge in [0.25, 0.3) is 0 Å². The summed E-state index contributed by atoms with van der Waals surface area (Å²) >= 11 is 2.90. The maximum atomic E-state index is 11.5. The molecule has 15 heavy (non-hydrogen) atoms. The highest BCUT2D eigenvalue weighted by atomic mass is 32.2. The highest BCUT2D eigenvalue weighted by molar-refractivity contribution is 8.00. The molecule has 0 aliphatic heterocycles. The molecule has 0 aliphatic rings. The summed E-state index contributed by atoms with van der Waals surface area (Å²) in [5.74, 6) is 0.951. The normalized spacial score (nSPS) is 9.93. The van der Waals surface area contributed by atoms with Gasteiger partial charge in [0.1, 0.15) is 0 Å². The number of esters is 1. The van der Waals surface area contributed by atoms with E-state index in [1.165, 1.54) is 30.2 Å². The smallest absolute Gasteiger partial charge is 0.306 e. The molecule has 0 aliphatic carbocycles. The molecule has 0 bridgehead atoms. The molecule has 1 aromatic rings. The number of methoxy groups -OCH3 is 1. The van der Waals surface area contributed by atoms with Gasteiger partial charge in [-0.15, -0.1) is 11.3 Å². The van der Waals surface area contributed by atoms with Crippen molar-refractivity contribution >= 4 is 34.9 Å². The van der Waals surface area contributed by atoms with Crippen LogP contribution in [0.3, 0.4) is 0 Å². The molecule has 0 fully saturated rings. The molecule has 0 unspecified atom stereocenters. The Hall–Kier alpha value is -0.810. The van der Waals surface area contributed by atoms with E-state index in [4.69, 9.17) is 0 Å². The second kappa shape index (κ2) is 6.63. The van der Waals surface area contributed by atoms with E-state index in [9.17, 15) is 9.59 Å². The first kappa shape index (κ1) is 12.3. The fourth-order valence-electron chi connectivity index (χ4n) is 0.931. The van der Waals surface area contributed by atoms with Crippen LogP contribution < -0.4 is 0 Å². The van der Waals surface area contributed by atoms with E-state index in [0.717, 1.165) is 4.88 Å². The highest BCUT2D eigenvalue weighted by Crippen LogP contribution is 2.13. The Bertz CT molecular complexity index is 319. The molecule has 3 nitrogen and oxygen atoms in total. The second-order valence-corrected chi connectivity index (χ2v) is 4.83. The van der Waals surface area contributed by atoms with Crippen LogP contribution in [0, 0.1) is 0 Å². The van der Waals surface area contributed by atoms with Gasteiger partial charge < -0.3 is 4.74 Å². The SMILES string of the molecule is COC(=O)CCSCC(=O)c1cccs1. The molecule has 1 aromatic heterocycles. The van der Waals surface area contributed by atoms with Crippen LogP contribution in [-0.4, -0.2) is 30.4 Å². The highest BCUT2D eigenvalue weighted by Gasteiger charge is 2.07. The summed E-state index contributed by atoms with van der Waals surface area (Å²) in [6.07, 6.45) is 0.360. The molecule has 0 spiro atoms. The zero-order chi connectivity index (χ0) is 11.1. The molecule has 0 N–H and O–H groups in total. The predicted octanol–water partition coefficient (Wildman–Crippen LogP) is 2.23. The van der Waals surface area contributed by atoms with Crippen molar-refractivity contribution in [3.8, 4) is 0 Å². The average Bonchev–Trinajstić information content (AvgIpc) is 2.77. The number of thiophene rings is 1. The van der Waals surface area contributed by atoms with E-state index in [1.807, 2.05) is 17.5 Å². The van der Waals surface area contributed by atoms with Crippen molar-refractivity contribution in [1.29, 1.82) is 0 Å². The van der Waals surface area contributed by atoms with Gasteiger partial charge in [-0.05, 0) is 11.4 Å². The Morgan fingerprint density at radius 1 is 1.53 bits per heavy atom. The van der Waals surface area contributed by atoms with Crippen molar-refractivity contribution in [2.24, 2.45) is 0 Å². The number of ether oxygens (including phenoxy) is 1. The Morgan fingerprint density at radius 3 is 2.93 bits per heavy atom. The maximum Gasteiger partial charge on any atom is 0.306 e. The summed E-state index contributed by atoms with van der Waals surface area (Å²) in [5, 5.41) is 1.88. The number of carbonyl (C=O) groups excluding carboxylic acids is 2. The second-order valence-electron chi connectivity index (χ2n) is 2.78. The predicted molar refractivity (Wildman–Crippen MR) is 62.6 cm³/mol. The monoisotopic (exact) mass is 244 g/mol. The molecule has 1 heterocycles. The minimum Gasteiger partial charge on any atom is -0.469 e. The number of thioether (sulfide) groups is 1. The summed E-state index contributed by atoms with van der Waals surface area (Å²) in [6, 6.07) is 3.67. The number of hydrogen-bond acceptors (Lipinski definition) is 5. The Morgan fingerprint density at radius 2 is 2.33 bits per heavy atom. The van der Waals surface area contributed by atoms with Gasteiger partial charge in [-0.3, -0.25) is 9.59 Å². The van der Waals surface area contributed by atoms with Gasteiger partial charge in [0.05, 0.1) is 24.2 Å². The van der Waals surface area contributed by atoms with E-state index in [-0.39, 0.29) is 11.8 Å². The Balaban J connectivity index is 2.16. The number of hydrogen-bond donors (Lipinski definition) is 0. The third-order valence-corrected chi connectivity index (χ3v) is 3.58. The van der Waals surface area contributed by atoms with Crippen molar-refractivity contribution < 1.29 is 14.3 Å². The molecule has 0 atom stereocenters. The molecule has 0 saturated carbocycles. The number of rotatable bonds is 6. The molecular weight excluding hydrogens is 232 g/mol. The van der Waals surface area contributed by atoms with Crippen LogP contribution in [0.1, 0.15) is 16.1 Å². The number of carbonyl (C=O) groups is 2.